The summed E-state index contributed by atoms with van der Waals surface area (Å²) in [4.78, 5) is 31.1. The van der Waals surface area contributed by atoms with Crippen molar-refractivity contribution in [3.8, 4) is 11.3 Å². The molecule has 2 N–H and O–H groups in total. The van der Waals surface area contributed by atoms with E-state index in [-0.39, 0.29) is 18.1 Å². The fourth-order valence-corrected chi connectivity index (χ4v) is 5.96. The van der Waals surface area contributed by atoms with Crippen LogP contribution in [0.3, 0.4) is 0 Å². The van der Waals surface area contributed by atoms with Crippen molar-refractivity contribution in [2.24, 2.45) is 12.0 Å². The molecule has 3 aromatic heterocycles. The molecule has 10 nitrogen and oxygen atoms in total. The summed E-state index contributed by atoms with van der Waals surface area (Å²) in [7, 11) is 4.03. The molecule has 1 aliphatic carbocycles. The van der Waals surface area contributed by atoms with Crippen LogP contribution in [0.25, 0.3) is 22.3 Å². The van der Waals surface area contributed by atoms with Gasteiger partial charge in [0.25, 0.3) is 5.91 Å². The van der Waals surface area contributed by atoms with Crippen molar-refractivity contribution in [3.05, 3.63) is 65.2 Å². The molecule has 40 heavy (non-hydrogen) atoms. The summed E-state index contributed by atoms with van der Waals surface area (Å²) in [6, 6.07) is 10.3. The van der Waals surface area contributed by atoms with E-state index in [1.807, 2.05) is 20.2 Å². The number of likely N-dealkylation sites (N-methyl/N-ethyl adjacent to an activating group) is 1. The molecule has 1 amide bonds. The van der Waals surface area contributed by atoms with Crippen LogP contribution in [0.1, 0.15) is 53.3 Å². The molecule has 0 atom stereocenters. The highest BCUT2D eigenvalue weighted by atomic mass is 16.3. The van der Waals surface area contributed by atoms with Gasteiger partial charge in [-0.05, 0) is 69.5 Å². The Morgan fingerprint density at radius 2 is 1.85 bits per heavy atom. The zero-order chi connectivity index (χ0) is 27.8. The van der Waals surface area contributed by atoms with Gasteiger partial charge >= 0.3 is 0 Å². The number of piperazine rings is 1. The van der Waals surface area contributed by atoms with Crippen molar-refractivity contribution in [2.75, 3.05) is 33.2 Å². The van der Waals surface area contributed by atoms with Gasteiger partial charge in [0, 0.05) is 68.8 Å². The summed E-state index contributed by atoms with van der Waals surface area (Å²) in [5.74, 6) is -0.315. The van der Waals surface area contributed by atoms with E-state index < -0.39 is 0 Å². The Morgan fingerprint density at radius 3 is 2.58 bits per heavy atom. The molecular weight excluding hydrogens is 504 g/mol. The second-order valence-electron chi connectivity index (χ2n) is 11.4. The number of imidazole rings is 1. The number of carbonyl (C=O) groups is 1. The topological polar surface area (TPSA) is 108 Å². The number of aliphatic hydroxyl groups excluding tert-OH is 1. The summed E-state index contributed by atoms with van der Waals surface area (Å²) >= 11 is 0. The number of aryl methyl sites for hydroxylation is 2. The van der Waals surface area contributed by atoms with Crippen LogP contribution in [0.4, 0.5) is 0 Å². The Hall–Kier alpha value is -3.60. The lowest BCUT2D eigenvalue weighted by atomic mass is 9.93. The normalized spacial score (nSPS) is 21.4. The summed E-state index contributed by atoms with van der Waals surface area (Å²) in [5.41, 5.74) is 6.62. The van der Waals surface area contributed by atoms with Crippen LogP contribution in [0.15, 0.2) is 47.7 Å². The third-order valence-electron chi connectivity index (χ3n) is 8.24. The number of fused-ring (bicyclic) bond motifs is 1. The average Bonchev–Trinajstić information content (AvgIpc) is 3.53. The molecule has 0 bridgehead atoms. The van der Waals surface area contributed by atoms with E-state index in [4.69, 9.17) is 0 Å². The number of nitrogens with zero attached hydrogens (tertiary/aromatic N) is 7. The number of hydrogen-bond donors (Lipinski definition) is 2. The molecule has 1 saturated heterocycles. The second kappa shape index (κ2) is 11.1. The van der Waals surface area contributed by atoms with E-state index in [1.165, 1.54) is 5.56 Å². The summed E-state index contributed by atoms with van der Waals surface area (Å²) in [6.45, 7) is 7.07. The van der Waals surface area contributed by atoms with Crippen molar-refractivity contribution in [2.45, 2.75) is 51.3 Å². The van der Waals surface area contributed by atoms with E-state index in [9.17, 15) is 9.90 Å². The predicted molar refractivity (Wildman–Crippen MR) is 154 cm³/mol. The van der Waals surface area contributed by atoms with Crippen LogP contribution in [0, 0.1) is 6.92 Å². The van der Waals surface area contributed by atoms with E-state index >= 15 is 0 Å². The Balaban J connectivity index is 1.38. The molecule has 4 aromatic rings. The zero-order valence-corrected chi connectivity index (χ0v) is 23.5. The van der Waals surface area contributed by atoms with Gasteiger partial charge in [-0.3, -0.25) is 19.4 Å². The minimum absolute atomic E-state index is 0.160. The summed E-state index contributed by atoms with van der Waals surface area (Å²) in [6.07, 6.45) is 6.55. The van der Waals surface area contributed by atoms with E-state index in [1.54, 1.807) is 23.0 Å². The Labute approximate surface area is 234 Å². The first-order chi connectivity index (χ1) is 19.3. The van der Waals surface area contributed by atoms with Crippen molar-refractivity contribution in [1.82, 2.24) is 34.1 Å². The van der Waals surface area contributed by atoms with Gasteiger partial charge in [0.15, 0.2) is 0 Å². The van der Waals surface area contributed by atoms with Gasteiger partial charge in [-0.15, -0.1) is 0 Å². The molecule has 2 fully saturated rings. The lowest BCUT2D eigenvalue weighted by Crippen LogP contribution is -2.43. The maximum Gasteiger partial charge on any atom is 0.280 e. The van der Waals surface area contributed by atoms with Crippen LogP contribution in [-0.4, -0.2) is 84.5 Å². The molecule has 0 radical (unpaired) electrons. The van der Waals surface area contributed by atoms with Gasteiger partial charge < -0.3 is 19.6 Å². The Bertz CT molecular complexity index is 1580. The number of nitrogens with one attached hydrogen (secondary N) is 1. The highest BCUT2D eigenvalue weighted by molar-refractivity contribution is 5.96. The lowest BCUT2D eigenvalue weighted by Gasteiger charge is -2.32. The summed E-state index contributed by atoms with van der Waals surface area (Å²) < 4.78 is 3.92. The molecule has 210 valence electrons. The number of benzene rings is 1. The number of carbonyl (C=O) groups excluding carboxylic acids is 1. The molecule has 1 aromatic carbocycles. The monoisotopic (exact) mass is 542 g/mol. The molecule has 4 heterocycles. The minimum Gasteiger partial charge on any atom is -0.393 e. The number of hydrogen-bond acceptors (Lipinski definition) is 6. The maximum absolute atomic E-state index is 13.6. The molecule has 10 heteroatoms. The van der Waals surface area contributed by atoms with Crippen molar-refractivity contribution in [3.63, 3.8) is 0 Å². The Morgan fingerprint density at radius 1 is 1.07 bits per heavy atom. The van der Waals surface area contributed by atoms with Crippen molar-refractivity contribution in [1.29, 1.82) is 0 Å². The van der Waals surface area contributed by atoms with Crippen molar-refractivity contribution >= 4 is 16.9 Å². The van der Waals surface area contributed by atoms with Gasteiger partial charge in [0.05, 0.1) is 29.0 Å². The highest BCUT2D eigenvalue weighted by Crippen LogP contribution is 2.30. The average molecular weight is 543 g/mol. The first kappa shape index (κ1) is 26.6. The van der Waals surface area contributed by atoms with E-state index in [0.717, 1.165) is 80.7 Å². The third kappa shape index (κ3) is 5.65. The Kier molecular flexibility index (Phi) is 7.39. The molecule has 2 aliphatic rings. The van der Waals surface area contributed by atoms with E-state index in [2.05, 4.69) is 59.7 Å². The molecule has 6 rings (SSSR count). The van der Waals surface area contributed by atoms with Gasteiger partial charge in [-0.1, -0.05) is 6.07 Å². The van der Waals surface area contributed by atoms with Gasteiger partial charge in [0.2, 0.25) is 5.62 Å². The number of aromatic nitrogens is 5. The number of H-pyrrole nitrogens is 1. The SMILES string of the molecule is Cc1cc(C(=O)/N=c2\[nH]c3ccc(CN4CCN(C)CC4)cc3n2[C@H]2CC[C@@H](O)CC2)cc(-c2cnn(C)c2)n1. The van der Waals surface area contributed by atoms with E-state index in [0.29, 0.717) is 16.9 Å². The number of amides is 1. The minimum atomic E-state index is -0.315. The van der Waals surface area contributed by atoms with Crippen LogP contribution < -0.4 is 5.62 Å². The first-order valence-corrected chi connectivity index (χ1v) is 14.2. The largest absolute Gasteiger partial charge is 0.393 e. The molecule has 1 aliphatic heterocycles. The predicted octanol–water partition coefficient (Wildman–Crippen LogP) is 3.04. The fourth-order valence-electron chi connectivity index (χ4n) is 5.96. The molecule has 1 saturated carbocycles. The number of aliphatic hydroxyl groups is 1. The zero-order valence-electron chi connectivity index (χ0n) is 23.5. The van der Waals surface area contributed by atoms with Crippen LogP contribution in [0.2, 0.25) is 0 Å². The molecule has 0 unspecified atom stereocenters. The van der Waals surface area contributed by atoms with Crippen LogP contribution in [0.5, 0.6) is 0 Å². The molecule has 0 spiro atoms. The van der Waals surface area contributed by atoms with Gasteiger partial charge in [0.1, 0.15) is 0 Å². The molecular formula is C30H38N8O2. The maximum atomic E-state index is 13.6. The smallest absolute Gasteiger partial charge is 0.280 e. The standard InChI is InChI=1S/C30H38N8O2/c1-20-14-22(16-27(32-20)23-17-31-36(3)19-23)29(40)34-30-33-26-9-4-21(18-37-12-10-35(2)11-13-37)15-28(26)38(30)24-5-7-25(39)8-6-24/h4,9,14-17,19,24-25,39H,5-8,10-13,18H2,1-3H3,(H,33,34,40)/t24-,25+. The van der Waals surface area contributed by atoms with Gasteiger partial charge in [-0.25, -0.2) is 0 Å². The number of rotatable bonds is 5. The van der Waals surface area contributed by atoms with Crippen molar-refractivity contribution < 1.29 is 9.90 Å². The number of aromatic amines is 1. The van der Waals surface area contributed by atoms with Crippen LogP contribution >= 0.6 is 0 Å². The van der Waals surface area contributed by atoms with Gasteiger partial charge in [-0.2, -0.15) is 10.1 Å². The second-order valence-corrected chi connectivity index (χ2v) is 11.4. The fraction of sp³-hybridized carbons (Fsp3) is 0.467. The number of pyridine rings is 1. The summed E-state index contributed by atoms with van der Waals surface area (Å²) in [5, 5.41) is 14.4. The third-order valence-corrected chi connectivity index (χ3v) is 8.24. The highest BCUT2D eigenvalue weighted by Gasteiger charge is 2.24. The van der Waals surface area contributed by atoms with Crippen LogP contribution in [-0.2, 0) is 13.6 Å². The quantitative estimate of drug-likeness (QED) is 0.402. The first-order valence-electron chi connectivity index (χ1n) is 14.2. The lowest BCUT2D eigenvalue weighted by molar-refractivity contribution is 0.0990.